The normalized spacial score (nSPS) is 15.9. The van der Waals surface area contributed by atoms with Gasteiger partial charge in [-0.3, -0.25) is 4.79 Å². The van der Waals surface area contributed by atoms with Crippen molar-refractivity contribution in [3.05, 3.63) is 47.3 Å². The molecule has 1 aliphatic carbocycles. The van der Waals surface area contributed by atoms with Gasteiger partial charge in [0.15, 0.2) is 0 Å². The van der Waals surface area contributed by atoms with E-state index in [4.69, 9.17) is 11.6 Å². The molecule has 1 heterocycles. The number of nitrogens with one attached hydrogen (secondary N) is 1. The van der Waals surface area contributed by atoms with Gasteiger partial charge in [0.25, 0.3) is 0 Å². The highest BCUT2D eigenvalue weighted by molar-refractivity contribution is 6.30. The third kappa shape index (κ3) is 4.42. The van der Waals surface area contributed by atoms with Crippen LogP contribution in [-0.4, -0.2) is 20.9 Å². The highest BCUT2D eigenvalue weighted by Gasteiger charge is 2.16. The molecule has 23 heavy (non-hydrogen) atoms. The van der Waals surface area contributed by atoms with E-state index in [1.807, 2.05) is 10.9 Å². The molecule has 0 saturated heterocycles. The molecule has 0 radical (unpaired) electrons. The molecule has 1 aliphatic rings. The summed E-state index contributed by atoms with van der Waals surface area (Å²) in [6.45, 7) is 0. The van der Waals surface area contributed by atoms with Crippen LogP contribution in [0.25, 0.3) is 6.08 Å². The maximum Gasteiger partial charge on any atom is 0.248 e. The minimum Gasteiger partial charge on any atom is -0.323 e. The first-order chi connectivity index (χ1) is 11.2. The zero-order chi connectivity index (χ0) is 16.1. The summed E-state index contributed by atoms with van der Waals surface area (Å²) in [6.07, 6.45) is 11.2. The van der Waals surface area contributed by atoms with E-state index in [1.54, 1.807) is 30.3 Å². The summed E-state index contributed by atoms with van der Waals surface area (Å²) in [4.78, 5) is 11.9. The third-order valence-corrected chi connectivity index (χ3v) is 4.25. The van der Waals surface area contributed by atoms with Crippen LogP contribution in [0.5, 0.6) is 0 Å². The lowest BCUT2D eigenvalue weighted by molar-refractivity contribution is -0.111. The second-order valence-electron chi connectivity index (χ2n) is 5.74. The Morgan fingerprint density at radius 3 is 2.70 bits per heavy atom. The fourth-order valence-corrected chi connectivity index (χ4v) is 2.90. The summed E-state index contributed by atoms with van der Waals surface area (Å²) in [7, 11) is 0. The molecule has 3 rings (SSSR count). The number of halogens is 1. The number of hydrogen-bond donors (Lipinski definition) is 1. The molecule has 120 valence electrons. The number of carbonyl (C=O) groups excluding carboxylic acids is 1. The molecule has 5 nitrogen and oxygen atoms in total. The molecule has 1 amide bonds. The van der Waals surface area contributed by atoms with Gasteiger partial charge in [0.1, 0.15) is 5.69 Å². The SMILES string of the molecule is O=C(/C=C\c1cn(C2CCCCC2)nn1)Nc1ccc(Cl)cc1. The van der Waals surface area contributed by atoms with Crippen molar-refractivity contribution in [1.82, 2.24) is 15.0 Å². The fraction of sp³-hybridized carbons (Fsp3) is 0.353. The number of carbonyl (C=O) groups is 1. The number of benzene rings is 1. The Labute approximate surface area is 140 Å². The fourth-order valence-electron chi connectivity index (χ4n) is 2.77. The quantitative estimate of drug-likeness (QED) is 0.859. The molecule has 0 spiro atoms. The molecule has 0 atom stereocenters. The first kappa shape index (κ1) is 15.7. The topological polar surface area (TPSA) is 59.8 Å². The van der Waals surface area contributed by atoms with Gasteiger partial charge in [0.2, 0.25) is 5.91 Å². The van der Waals surface area contributed by atoms with Gasteiger partial charge in [0.05, 0.1) is 12.2 Å². The first-order valence-electron chi connectivity index (χ1n) is 7.87. The molecule has 1 saturated carbocycles. The average Bonchev–Trinajstić information content (AvgIpc) is 3.05. The van der Waals surface area contributed by atoms with Crippen molar-refractivity contribution < 1.29 is 4.79 Å². The van der Waals surface area contributed by atoms with Crippen molar-refractivity contribution >= 4 is 29.3 Å². The van der Waals surface area contributed by atoms with Gasteiger partial charge in [0, 0.05) is 16.8 Å². The van der Waals surface area contributed by atoms with E-state index in [9.17, 15) is 4.79 Å². The Morgan fingerprint density at radius 2 is 1.96 bits per heavy atom. The smallest absolute Gasteiger partial charge is 0.248 e. The number of rotatable bonds is 4. The molecule has 1 aromatic carbocycles. The van der Waals surface area contributed by atoms with Crippen LogP contribution in [0.2, 0.25) is 5.02 Å². The minimum absolute atomic E-state index is 0.209. The Hall–Kier alpha value is -2.14. The van der Waals surface area contributed by atoms with Crippen molar-refractivity contribution in [2.75, 3.05) is 5.32 Å². The summed E-state index contributed by atoms with van der Waals surface area (Å²) in [5, 5.41) is 11.7. The Kier molecular flexibility index (Phi) is 5.08. The molecule has 6 heteroatoms. The molecule has 1 aromatic heterocycles. The summed E-state index contributed by atoms with van der Waals surface area (Å²) in [5.74, 6) is -0.209. The lowest BCUT2D eigenvalue weighted by Gasteiger charge is -2.20. The van der Waals surface area contributed by atoms with Crippen LogP contribution in [0.3, 0.4) is 0 Å². The van der Waals surface area contributed by atoms with E-state index < -0.39 is 0 Å². The van der Waals surface area contributed by atoms with E-state index >= 15 is 0 Å². The number of hydrogen-bond acceptors (Lipinski definition) is 3. The average molecular weight is 331 g/mol. The number of anilines is 1. The van der Waals surface area contributed by atoms with Gasteiger partial charge in [-0.15, -0.1) is 5.10 Å². The lowest BCUT2D eigenvalue weighted by Crippen LogP contribution is -2.13. The maximum absolute atomic E-state index is 11.9. The van der Waals surface area contributed by atoms with Gasteiger partial charge >= 0.3 is 0 Å². The summed E-state index contributed by atoms with van der Waals surface area (Å²) in [6, 6.07) is 7.43. The predicted molar refractivity (Wildman–Crippen MR) is 91.3 cm³/mol. The molecule has 2 aromatic rings. The molecule has 0 aliphatic heterocycles. The van der Waals surface area contributed by atoms with Crippen LogP contribution < -0.4 is 5.32 Å². The van der Waals surface area contributed by atoms with Crippen molar-refractivity contribution in [3.63, 3.8) is 0 Å². The molecule has 0 bridgehead atoms. The summed E-state index contributed by atoms with van der Waals surface area (Å²) >= 11 is 5.81. The van der Waals surface area contributed by atoms with E-state index in [0.717, 1.165) is 12.8 Å². The number of nitrogens with zero attached hydrogens (tertiary/aromatic N) is 3. The van der Waals surface area contributed by atoms with Gasteiger partial charge < -0.3 is 5.32 Å². The summed E-state index contributed by atoms with van der Waals surface area (Å²) in [5.41, 5.74) is 1.40. The van der Waals surface area contributed by atoms with E-state index in [2.05, 4.69) is 15.6 Å². The Morgan fingerprint density at radius 1 is 1.22 bits per heavy atom. The standard InChI is InChI=1S/C17H19ClN4O/c18-13-6-8-14(9-7-13)19-17(23)11-10-15-12-22(21-20-15)16-4-2-1-3-5-16/h6-12,16H,1-5H2,(H,19,23)/b11-10-. The predicted octanol–water partition coefficient (Wildman–Crippen LogP) is 4.09. The zero-order valence-electron chi connectivity index (χ0n) is 12.8. The van der Waals surface area contributed by atoms with Crippen LogP contribution in [0.1, 0.15) is 43.8 Å². The van der Waals surface area contributed by atoms with Crippen molar-refractivity contribution in [3.8, 4) is 0 Å². The molecular weight excluding hydrogens is 312 g/mol. The van der Waals surface area contributed by atoms with Gasteiger partial charge in [-0.2, -0.15) is 0 Å². The molecule has 1 N–H and O–H groups in total. The highest BCUT2D eigenvalue weighted by Crippen LogP contribution is 2.27. The zero-order valence-corrected chi connectivity index (χ0v) is 13.5. The van der Waals surface area contributed by atoms with Crippen LogP contribution in [-0.2, 0) is 4.79 Å². The van der Waals surface area contributed by atoms with E-state index in [-0.39, 0.29) is 5.91 Å². The Bertz CT molecular complexity index is 687. The Balaban J connectivity index is 1.57. The molecular formula is C17H19ClN4O. The summed E-state index contributed by atoms with van der Waals surface area (Å²) < 4.78 is 1.93. The largest absolute Gasteiger partial charge is 0.323 e. The molecule has 0 unspecified atom stereocenters. The van der Waals surface area contributed by atoms with Crippen molar-refractivity contribution in [1.29, 1.82) is 0 Å². The second-order valence-corrected chi connectivity index (χ2v) is 6.18. The van der Waals surface area contributed by atoms with Gasteiger partial charge in [-0.25, -0.2) is 4.68 Å². The van der Waals surface area contributed by atoms with Gasteiger partial charge in [-0.1, -0.05) is 36.1 Å². The van der Waals surface area contributed by atoms with Crippen molar-refractivity contribution in [2.45, 2.75) is 38.1 Å². The van der Waals surface area contributed by atoms with Gasteiger partial charge in [-0.05, 0) is 43.2 Å². The van der Waals surface area contributed by atoms with Crippen LogP contribution in [0.15, 0.2) is 36.5 Å². The van der Waals surface area contributed by atoms with E-state index in [0.29, 0.717) is 22.4 Å². The monoisotopic (exact) mass is 330 g/mol. The first-order valence-corrected chi connectivity index (χ1v) is 8.25. The molecule has 1 fully saturated rings. The van der Waals surface area contributed by atoms with E-state index in [1.165, 1.54) is 25.3 Å². The third-order valence-electron chi connectivity index (χ3n) is 3.99. The van der Waals surface area contributed by atoms with Crippen molar-refractivity contribution in [2.24, 2.45) is 0 Å². The van der Waals surface area contributed by atoms with Crippen LogP contribution >= 0.6 is 11.6 Å². The number of amides is 1. The highest BCUT2D eigenvalue weighted by atomic mass is 35.5. The second kappa shape index (κ2) is 7.42. The lowest BCUT2D eigenvalue weighted by atomic mass is 9.96. The van der Waals surface area contributed by atoms with Crippen LogP contribution in [0, 0.1) is 0 Å². The minimum atomic E-state index is -0.209. The maximum atomic E-state index is 11.9. The van der Waals surface area contributed by atoms with Crippen LogP contribution in [0.4, 0.5) is 5.69 Å². The number of aromatic nitrogens is 3.